The number of hydrogen-bond donors (Lipinski definition) is 2. The Kier molecular flexibility index (Phi) is 5.11. The van der Waals surface area contributed by atoms with Gasteiger partial charge in [0, 0.05) is 48.4 Å². The molecule has 1 aromatic rings. The zero-order chi connectivity index (χ0) is 14.8. The van der Waals surface area contributed by atoms with Crippen molar-refractivity contribution in [2.24, 2.45) is 0 Å². The van der Waals surface area contributed by atoms with Gasteiger partial charge in [-0.2, -0.15) is 21.2 Å². The molecule has 2 rings (SSSR count). The van der Waals surface area contributed by atoms with Crippen molar-refractivity contribution in [1.29, 1.82) is 0 Å². The lowest BCUT2D eigenvalue weighted by Gasteiger charge is -2.25. The van der Waals surface area contributed by atoms with Crippen molar-refractivity contribution in [2.45, 2.75) is 38.4 Å². The molecule has 1 aliphatic rings. The third kappa shape index (κ3) is 3.36. The second kappa shape index (κ2) is 6.46. The number of rotatable bonds is 5. The molecule has 2 N–H and O–H groups in total. The number of thioether (sulfide) groups is 1. The van der Waals surface area contributed by atoms with Crippen molar-refractivity contribution in [3.63, 3.8) is 0 Å². The highest BCUT2D eigenvalue weighted by Crippen LogP contribution is 2.23. The SMILES string of the molecule is Cc1[nH]nc(S(=O)(=O)N2CCSCC2)c1CNC(C)C. The van der Waals surface area contributed by atoms with E-state index in [4.69, 9.17) is 0 Å². The van der Waals surface area contributed by atoms with Gasteiger partial charge >= 0.3 is 0 Å². The van der Waals surface area contributed by atoms with Crippen LogP contribution in [0.5, 0.6) is 0 Å². The van der Waals surface area contributed by atoms with Crippen LogP contribution in [-0.4, -0.2) is 53.6 Å². The number of nitrogens with one attached hydrogen (secondary N) is 2. The van der Waals surface area contributed by atoms with Gasteiger partial charge in [-0.05, 0) is 6.92 Å². The molecule has 0 amide bonds. The maximum absolute atomic E-state index is 12.7. The second-order valence-corrected chi connectivity index (χ2v) is 8.26. The Morgan fingerprint density at radius 3 is 2.65 bits per heavy atom. The average molecular weight is 318 g/mol. The van der Waals surface area contributed by atoms with E-state index in [2.05, 4.69) is 15.5 Å². The van der Waals surface area contributed by atoms with E-state index in [9.17, 15) is 8.42 Å². The van der Waals surface area contributed by atoms with Gasteiger partial charge < -0.3 is 5.32 Å². The lowest BCUT2D eigenvalue weighted by molar-refractivity contribution is 0.439. The fourth-order valence-electron chi connectivity index (χ4n) is 2.07. The molecule has 0 saturated carbocycles. The van der Waals surface area contributed by atoms with Gasteiger partial charge in [0.1, 0.15) is 0 Å². The summed E-state index contributed by atoms with van der Waals surface area (Å²) in [6.45, 7) is 7.56. The first-order chi connectivity index (χ1) is 9.43. The minimum atomic E-state index is -3.48. The molecule has 0 aliphatic carbocycles. The third-order valence-electron chi connectivity index (χ3n) is 3.28. The fraction of sp³-hybridized carbons (Fsp3) is 0.750. The van der Waals surface area contributed by atoms with Gasteiger partial charge in [-0.25, -0.2) is 8.42 Å². The number of aromatic amines is 1. The Labute approximate surface area is 124 Å². The van der Waals surface area contributed by atoms with Crippen molar-refractivity contribution in [3.05, 3.63) is 11.3 Å². The quantitative estimate of drug-likeness (QED) is 0.845. The van der Waals surface area contributed by atoms with Crippen molar-refractivity contribution in [3.8, 4) is 0 Å². The predicted octanol–water partition coefficient (Wildman–Crippen LogP) is 0.954. The summed E-state index contributed by atoms with van der Waals surface area (Å²) in [5.41, 5.74) is 1.56. The molecule has 0 atom stereocenters. The molecule has 1 aromatic heterocycles. The molecular weight excluding hydrogens is 296 g/mol. The predicted molar refractivity (Wildman–Crippen MR) is 81.4 cm³/mol. The van der Waals surface area contributed by atoms with Crippen LogP contribution in [0.1, 0.15) is 25.1 Å². The van der Waals surface area contributed by atoms with E-state index in [-0.39, 0.29) is 5.03 Å². The highest BCUT2D eigenvalue weighted by atomic mass is 32.2. The summed E-state index contributed by atoms with van der Waals surface area (Å²) in [6, 6.07) is 0.297. The van der Waals surface area contributed by atoms with Crippen LogP contribution in [-0.2, 0) is 16.6 Å². The van der Waals surface area contributed by atoms with E-state index < -0.39 is 10.0 Å². The van der Waals surface area contributed by atoms with E-state index >= 15 is 0 Å². The van der Waals surface area contributed by atoms with E-state index in [1.165, 1.54) is 4.31 Å². The topological polar surface area (TPSA) is 78.1 Å². The summed E-state index contributed by atoms with van der Waals surface area (Å²) in [5.74, 6) is 1.70. The van der Waals surface area contributed by atoms with Crippen LogP contribution < -0.4 is 5.32 Å². The first-order valence-electron chi connectivity index (χ1n) is 6.78. The maximum Gasteiger partial charge on any atom is 0.262 e. The molecule has 20 heavy (non-hydrogen) atoms. The van der Waals surface area contributed by atoms with Crippen LogP contribution in [0.2, 0.25) is 0 Å². The molecule has 1 aliphatic heterocycles. The van der Waals surface area contributed by atoms with Crippen LogP contribution in [0.25, 0.3) is 0 Å². The Morgan fingerprint density at radius 1 is 1.40 bits per heavy atom. The molecule has 0 aromatic carbocycles. The van der Waals surface area contributed by atoms with E-state index in [1.807, 2.05) is 20.8 Å². The normalized spacial score (nSPS) is 17.8. The van der Waals surface area contributed by atoms with Gasteiger partial charge in [0.2, 0.25) is 0 Å². The van der Waals surface area contributed by atoms with E-state index in [0.29, 0.717) is 25.7 Å². The summed E-state index contributed by atoms with van der Waals surface area (Å²) in [5, 5.41) is 10.3. The number of aryl methyl sites for hydroxylation is 1. The molecule has 0 unspecified atom stereocenters. The Morgan fingerprint density at radius 2 is 2.05 bits per heavy atom. The van der Waals surface area contributed by atoms with Gasteiger partial charge in [-0.15, -0.1) is 0 Å². The van der Waals surface area contributed by atoms with Gasteiger partial charge in [0.25, 0.3) is 10.0 Å². The number of nitrogens with zero attached hydrogens (tertiary/aromatic N) is 2. The number of aromatic nitrogens is 2. The number of H-pyrrole nitrogens is 1. The van der Waals surface area contributed by atoms with Crippen molar-refractivity contribution >= 4 is 21.8 Å². The average Bonchev–Trinajstić information content (AvgIpc) is 2.79. The Balaban J connectivity index is 2.27. The Bertz CT molecular complexity index is 548. The number of sulfonamides is 1. The minimum absolute atomic E-state index is 0.176. The van der Waals surface area contributed by atoms with Crippen LogP contribution in [0.15, 0.2) is 5.03 Å². The summed E-state index contributed by atoms with van der Waals surface area (Å²) in [6.07, 6.45) is 0. The lowest BCUT2D eigenvalue weighted by atomic mass is 10.2. The fourth-order valence-corrected chi connectivity index (χ4v) is 4.81. The second-order valence-electron chi connectivity index (χ2n) is 5.18. The Hall–Kier alpha value is -0.570. The van der Waals surface area contributed by atoms with Crippen LogP contribution >= 0.6 is 11.8 Å². The minimum Gasteiger partial charge on any atom is -0.310 e. The van der Waals surface area contributed by atoms with Crippen LogP contribution in [0, 0.1) is 6.92 Å². The third-order valence-corrected chi connectivity index (χ3v) is 6.09. The standard InChI is InChI=1S/C12H22N4O2S2/c1-9(2)13-8-11-10(3)14-15-12(11)20(17,18)16-4-6-19-7-5-16/h9,13H,4-8H2,1-3H3,(H,14,15). The summed E-state index contributed by atoms with van der Waals surface area (Å²) in [7, 11) is -3.48. The lowest BCUT2D eigenvalue weighted by Crippen LogP contribution is -2.38. The van der Waals surface area contributed by atoms with Crippen molar-refractivity contribution in [1.82, 2.24) is 19.8 Å². The monoisotopic (exact) mass is 318 g/mol. The maximum atomic E-state index is 12.7. The van der Waals surface area contributed by atoms with Crippen LogP contribution in [0.4, 0.5) is 0 Å². The van der Waals surface area contributed by atoms with Gasteiger partial charge in [-0.3, -0.25) is 5.10 Å². The molecule has 114 valence electrons. The molecule has 6 nitrogen and oxygen atoms in total. The highest BCUT2D eigenvalue weighted by Gasteiger charge is 2.31. The molecule has 0 bridgehead atoms. The van der Waals surface area contributed by atoms with Gasteiger partial charge in [0.15, 0.2) is 5.03 Å². The molecule has 0 radical (unpaired) electrons. The smallest absolute Gasteiger partial charge is 0.262 e. The highest BCUT2D eigenvalue weighted by molar-refractivity contribution is 7.99. The summed E-state index contributed by atoms with van der Waals surface area (Å²) in [4.78, 5) is 0. The summed E-state index contributed by atoms with van der Waals surface area (Å²) >= 11 is 1.79. The zero-order valence-electron chi connectivity index (χ0n) is 12.1. The van der Waals surface area contributed by atoms with Crippen LogP contribution in [0.3, 0.4) is 0 Å². The molecule has 8 heteroatoms. The molecule has 1 saturated heterocycles. The van der Waals surface area contributed by atoms with Gasteiger partial charge in [0.05, 0.1) is 0 Å². The van der Waals surface area contributed by atoms with Crippen molar-refractivity contribution < 1.29 is 8.42 Å². The first-order valence-corrected chi connectivity index (χ1v) is 9.37. The molecular formula is C12H22N4O2S2. The molecule has 2 heterocycles. The zero-order valence-corrected chi connectivity index (χ0v) is 13.8. The molecule has 0 spiro atoms. The van der Waals surface area contributed by atoms with Crippen molar-refractivity contribution in [2.75, 3.05) is 24.6 Å². The molecule has 1 fully saturated rings. The number of hydrogen-bond acceptors (Lipinski definition) is 5. The van der Waals surface area contributed by atoms with Gasteiger partial charge in [-0.1, -0.05) is 13.8 Å². The summed E-state index contributed by atoms with van der Waals surface area (Å²) < 4.78 is 26.9. The van der Waals surface area contributed by atoms with E-state index in [1.54, 1.807) is 11.8 Å². The van der Waals surface area contributed by atoms with E-state index in [0.717, 1.165) is 22.8 Å². The largest absolute Gasteiger partial charge is 0.310 e. The first kappa shape index (κ1) is 15.8.